The van der Waals surface area contributed by atoms with Crippen LogP contribution in [0.3, 0.4) is 0 Å². The van der Waals surface area contributed by atoms with Gasteiger partial charge in [0.2, 0.25) is 0 Å². The lowest BCUT2D eigenvalue weighted by Crippen LogP contribution is -2.00. The van der Waals surface area contributed by atoms with Gasteiger partial charge < -0.3 is 5.32 Å². The fraction of sp³-hybridized carbons (Fsp3) is 0.0526. The van der Waals surface area contributed by atoms with Gasteiger partial charge in [-0.15, -0.1) is 0 Å². The lowest BCUT2D eigenvalue weighted by molar-refractivity contribution is 1.15. The molecule has 3 aromatic carbocycles. The minimum absolute atomic E-state index is 0.453. The number of nitrogens with one attached hydrogen (secondary N) is 1. The molecule has 0 aliphatic rings. The molecule has 0 radical (unpaired) electrons. The number of benzene rings is 3. The zero-order valence-corrected chi connectivity index (χ0v) is 14.5. The third-order valence-electron chi connectivity index (χ3n) is 3.55. The molecular formula is C19H14Cl3N. The first-order chi connectivity index (χ1) is 11.1. The van der Waals surface area contributed by atoms with E-state index in [1.807, 2.05) is 18.2 Å². The smallest absolute Gasteiger partial charge is 0.0653 e. The Morgan fingerprint density at radius 3 is 1.96 bits per heavy atom. The molecule has 1 N–H and O–H groups in total. The van der Waals surface area contributed by atoms with Crippen LogP contribution in [0.5, 0.6) is 0 Å². The fourth-order valence-corrected chi connectivity index (χ4v) is 2.91. The predicted octanol–water partition coefficient (Wildman–Crippen LogP) is 6.93. The Morgan fingerprint density at radius 2 is 1.26 bits per heavy atom. The first-order valence-corrected chi connectivity index (χ1v) is 8.29. The lowest BCUT2D eigenvalue weighted by Gasteiger charge is -2.10. The highest BCUT2D eigenvalue weighted by Gasteiger charge is 2.06. The van der Waals surface area contributed by atoms with Crippen molar-refractivity contribution in [2.45, 2.75) is 6.54 Å². The second-order valence-electron chi connectivity index (χ2n) is 5.16. The van der Waals surface area contributed by atoms with Crippen LogP contribution in [0.1, 0.15) is 5.56 Å². The van der Waals surface area contributed by atoms with Gasteiger partial charge in [-0.25, -0.2) is 0 Å². The molecule has 0 aromatic heterocycles. The van der Waals surface area contributed by atoms with Crippen LogP contribution in [-0.2, 0) is 6.54 Å². The lowest BCUT2D eigenvalue weighted by atomic mass is 10.0. The van der Waals surface area contributed by atoms with Crippen molar-refractivity contribution in [1.82, 2.24) is 0 Å². The van der Waals surface area contributed by atoms with Gasteiger partial charge in [-0.3, -0.25) is 0 Å². The standard InChI is InChI=1S/C19H14Cl3N/c20-16-10-18(22)19(11-17(16)21)23-12-13-6-8-15(9-7-13)14-4-2-1-3-5-14/h1-11,23H,12H2. The molecule has 0 aliphatic carbocycles. The van der Waals surface area contributed by atoms with E-state index < -0.39 is 0 Å². The first-order valence-electron chi connectivity index (χ1n) is 7.16. The summed E-state index contributed by atoms with van der Waals surface area (Å²) >= 11 is 18.1. The zero-order chi connectivity index (χ0) is 16.2. The van der Waals surface area contributed by atoms with Crippen molar-refractivity contribution in [1.29, 1.82) is 0 Å². The average Bonchev–Trinajstić information content (AvgIpc) is 2.58. The molecule has 0 saturated heterocycles. The van der Waals surface area contributed by atoms with Gasteiger partial charge in [0.1, 0.15) is 0 Å². The van der Waals surface area contributed by atoms with Crippen molar-refractivity contribution in [2.75, 3.05) is 5.32 Å². The molecule has 0 unspecified atom stereocenters. The van der Waals surface area contributed by atoms with Gasteiger partial charge in [-0.1, -0.05) is 89.4 Å². The second kappa shape index (κ2) is 7.27. The highest BCUT2D eigenvalue weighted by molar-refractivity contribution is 6.44. The third kappa shape index (κ3) is 4.00. The second-order valence-corrected chi connectivity index (χ2v) is 6.38. The van der Waals surface area contributed by atoms with E-state index in [-0.39, 0.29) is 0 Å². The third-order valence-corrected chi connectivity index (χ3v) is 4.59. The summed E-state index contributed by atoms with van der Waals surface area (Å²) in [7, 11) is 0. The van der Waals surface area contributed by atoms with Gasteiger partial charge in [0, 0.05) is 6.54 Å². The molecule has 0 atom stereocenters. The summed E-state index contributed by atoms with van der Waals surface area (Å²) < 4.78 is 0. The number of hydrogen-bond acceptors (Lipinski definition) is 1. The van der Waals surface area contributed by atoms with E-state index in [9.17, 15) is 0 Å². The molecular weight excluding hydrogens is 349 g/mol. The average molecular weight is 363 g/mol. The molecule has 0 heterocycles. The van der Waals surface area contributed by atoms with E-state index in [1.165, 1.54) is 11.1 Å². The minimum Gasteiger partial charge on any atom is -0.380 e. The van der Waals surface area contributed by atoms with Crippen molar-refractivity contribution < 1.29 is 0 Å². The first kappa shape index (κ1) is 16.2. The van der Waals surface area contributed by atoms with Gasteiger partial charge in [0.05, 0.1) is 20.8 Å². The van der Waals surface area contributed by atoms with Crippen LogP contribution in [0.25, 0.3) is 11.1 Å². The summed E-state index contributed by atoms with van der Waals surface area (Å²) in [6.07, 6.45) is 0. The summed E-state index contributed by atoms with van der Waals surface area (Å²) in [6, 6.07) is 22.1. The van der Waals surface area contributed by atoms with Gasteiger partial charge in [-0.05, 0) is 28.8 Å². The molecule has 23 heavy (non-hydrogen) atoms. The van der Waals surface area contributed by atoms with E-state index in [2.05, 4.69) is 41.7 Å². The van der Waals surface area contributed by atoms with E-state index >= 15 is 0 Å². The Labute approximate surface area is 150 Å². The van der Waals surface area contributed by atoms with Crippen molar-refractivity contribution in [3.63, 3.8) is 0 Å². The molecule has 0 bridgehead atoms. The molecule has 0 aliphatic heterocycles. The van der Waals surface area contributed by atoms with Gasteiger partial charge >= 0.3 is 0 Å². The quantitative estimate of drug-likeness (QED) is 0.496. The largest absolute Gasteiger partial charge is 0.380 e. The summed E-state index contributed by atoms with van der Waals surface area (Å²) in [5, 5.41) is 4.77. The van der Waals surface area contributed by atoms with Crippen LogP contribution in [0.15, 0.2) is 66.7 Å². The maximum absolute atomic E-state index is 6.17. The van der Waals surface area contributed by atoms with Crippen LogP contribution < -0.4 is 5.32 Å². The number of rotatable bonds is 4. The summed E-state index contributed by atoms with van der Waals surface area (Å²) in [4.78, 5) is 0. The molecule has 1 nitrogen and oxygen atoms in total. The van der Waals surface area contributed by atoms with Crippen LogP contribution in [0.2, 0.25) is 15.1 Å². The number of hydrogen-bond donors (Lipinski definition) is 1. The molecule has 0 amide bonds. The van der Waals surface area contributed by atoms with Crippen molar-refractivity contribution in [2.24, 2.45) is 0 Å². The van der Waals surface area contributed by atoms with E-state index in [0.717, 1.165) is 11.3 Å². The molecule has 116 valence electrons. The maximum atomic E-state index is 6.17. The van der Waals surface area contributed by atoms with Gasteiger partial charge in [0.15, 0.2) is 0 Å². The maximum Gasteiger partial charge on any atom is 0.0653 e. The Hall–Kier alpha value is -1.67. The van der Waals surface area contributed by atoms with Crippen LogP contribution in [0.4, 0.5) is 5.69 Å². The van der Waals surface area contributed by atoms with Crippen molar-refractivity contribution >= 4 is 40.5 Å². The summed E-state index contributed by atoms with van der Waals surface area (Å²) in [5.41, 5.74) is 4.33. The van der Waals surface area contributed by atoms with Crippen LogP contribution in [-0.4, -0.2) is 0 Å². The van der Waals surface area contributed by atoms with Gasteiger partial charge in [0.25, 0.3) is 0 Å². The molecule has 0 spiro atoms. The Balaban J connectivity index is 1.71. The molecule has 3 rings (SSSR count). The Kier molecular flexibility index (Phi) is 5.12. The van der Waals surface area contributed by atoms with E-state index in [0.29, 0.717) is 21.6 Å². The predicted molar refractivity (Wildman–Crippen MR) is 101 cm³/mol. The van der Waals surface area contributed by atoms with Crippen LogP contribution >= 0.6 is 34.8 Å². The molecule has 3 aromatic rings. The Morgan fingerprint density at radius 1 is 0.652 bits per heavy atom. The highest BCUT2D eigenvalue weighted by Crippen LogP contribution is 2.32. The van der Waals surface area contributed by atoms with E-state index in [4.69, 9.17) is 34.8 Å². The van der Waals surface area contributed by atoms with E-state index in [1.54, 1.807) is 12.1 Å². The minimum atomic E-state index is 0.453. The Bertz CT molecular complexity index is 799. The molecule has 0 fully saturated rings. The van der Waals surface area contributed by atoms with Crippen LogP contribution in [0, 0.1) is 0 Å². The monoisotopic (exact) mass is 361 g/mol. The fourth-order valence-electron chi connectivity index (χ4n) is 2.30. The summed E-state index contributed by atoms with van der Waals surface area (Å²) in [5.74, 6) is 0. The zero-order valence-electron chi connectivity index (χ0n) is 12.2. The number of anilines is 1. The number of halogens is 3. The van der Waals surface area contributed by atoms with Gasteiger partial charge in [-0.2, -0.15) is 0 Å². The molecule has 0 saturated carbocycles. The SMILES string of the molecule is Clc1cc(Cl)c(NCc2ccc(-c3ccccc3)cc2)cc1Cl. The topological polar surface area (TPSA) is 12.0 Å². The van der Waals surface area contributed by atoms with Crippen molar-refractivity contribution in [3.8, 4) is 11.1 Å². The van der Waals surface area contributed by atoms with Crippen molar-refractivity contribution in [3.05, 3.63) is 87.4 Å². The molecule has 4 heteroatoms. The normalized spacial score (nSPS) is 10.6. The highest BCUT2D eigenvalue weighted by atomic mass is 35.5. The summed E-state index contributed by atoms with van der Waals surface area (Å²) in [6.45, 7) is 0.659.